The number of aliphatic hydroxyl groups excluding tert-OH is 1. The van der Waals surface area contributed by atoms with Gasteiger partial charge in [0.15, 0.2) is 0 Å². The summed E-state index contributed by atoms with van der Waals surface area (Å²) in [6.45, 7) is 3.13. The van der Waals surface area contributed by atoms with Gasteiger partial charge in [-0.3, -0.25) is 4.79 Å². The number of nitrogens with one attached hydrogen (secondary N) is 1. The number of hydrogen-bond donors (Lipinski definition) is 2. The van der Waals surface area contributed by atoms with Gasteiger partial charge in [0, 0.05) is 18.8 Å². The number of hydrogen-bond acceptors (Lipinski definition) is 3. The van der Waals surface area contributed by atoms with Crippen molar-refractivity contribution in [2.45, 2.75) is 19.4 Å². The Bertz CT molecular complexity index is 587. The smallest absolute Gasteiger partial charge is 0.240 e. The van der Waals surface area contributed by atoms with Crippen LogP contribution in [-0.4, -0.2) is 30.7 Å². The Hall–Kier alpha value is -2.33. The molecular formula is C19H24N2O2. The van der Waals surface area contributed by atoms with E-state index in [1.807, 2.05) is 72.5 Å². The number of carbonyl (C=O) groups excluding carboxylic acids is 1. The van der Waals surface area contributed by atoms with Crippen molar-refractivity contribution in [3.8, 4) is 0 Å². The van der Waals surface area contributed by atoms with E-state index in [1.165, 1.54) is 0 Å². The first kappa shape index (κ1) is 17.0. The maximum atomic E-state index is 12.4. The van der Waals surface area contributed by atoms with Gasteiger partial charge in [-0.2, -0.15) is 0 Å². The van der Waals surface area contributed by atoms with E-state index in [4.69, 9.17) is 0 Å². The fourth-order valence-electron chi connectivity index (χ4n) is 2.57. The third kappa shape index (κ3) is 5.11. The summed E-state index contributed by atoms with van der Waals surface area (Å²) in [6.07, 6.45) is 0.507. The number of benzene rings is 2. The molecule has 0 heterocycles. The Morgan fingerprint density at radius 2 is 1.70 bits per heavy atom. The molecule has 122 valence electrons. The zero-order valence-corrected chi connectivity index (χ0v) is 13.5. The number of nitrogens with zero attached hydrogens (tertiary/aromatic N) is 1. The summed E-state index contributed by atoms with van der Waals surface area (Å²) in [5.74, 6) is -0.0435. The number of aliphatic hydroxyl groups is 1. The van der Waals surface area contributed by atoms with Gasteiger partial charge >= 0.3 is 0 Å². The molecule has 2 rings (SSSR count). The maximum absolute atomic E-state index is 12.4. The molecule has 23 heavy (non-hydrogen) atoms. The van der Waals surface area contributed by atoms with Gasteiger partial charge in [0.2, 0.25) is 5.91 Å². The molecule has 0 aliphatic carbocycles. The highest BCUT2D eigenvalue weighted by Crippen LogP contribution is 2.17. The van der Waals surface area contributed by atoms with Crippen LogP contribution in [0.3, 0.4) is 0 Å². The van der Waals surface area contributed by atoms with Gasteiger partial charge in [0.05, 0.1) is 12.6 Å². The predicted molar refractivity (Wildman–Crippen MR) is 93.4 cm³/mol. The highest BCUT2D eigenvalue weighted by molar-refractivity contribution is 5.81. The molecule has 1 atom stereocenters. The van der Waals surface area contributed by atoms with Gasteiger partial charge in [-0.15, -0.1) is 0 Å². The molecule has 4 heteroatoms. The molecule has 0 aliphatic heterocycles. The van der Waals surface area contributed by atoms with E-state index >= 15 is 0 Å². The van der Waals surface area contributed by atoms with Crippen LogP contribution in [0.5, 0.6) is 0 Å². The first-order valence-electron chi connectivity index (χ1n) is 7.99. The molecule has 0 saturated heterocycles. The average molecular weight is 312 g/mol. The van der Waals surface area contributed by atoms with Gasteiger partial charge in [0.1, 0.15) is 0 Å². The topological polar surface area (TPSA) is 52.6 Å². The molecule has 0 fully saturated rings. The second-order valence-electron chi connectivity index (χ2n) is 5.39. The van der Waals surface area contributed by atoms with Crippen LogP contribution in [0, 0.1) is 0 Å². The van der Waals surface area contributed by atoms with Crippen molar-refractivity contribution >= 4 is 11.6 Å². The number of amides is 1. The lowest BCUT2D eigenvalue weighted by atomic mass is 10.0. The minimum Gasteiger partial charge on any atom is -0.396 e. The molecular weight excluding hydrogens is 288 g/mol. The fraction of sp³-hybridized carbons (Fsp3) is 0.316. The van der Waals surface area contributed by atoms with E-state index in [9.17, 15) is 9.90 Å². The quantitative estimate of drug-likeness (QED) is 0.788. The van der Waals surface area contributed by atoms with Crippen molar-refractivity contribution in [2.24, 2.45) is 0 Å². The van der Waals surface area contributed by atoms with Crippen LogP contribution in [0.2, 0.25) is 0 Å². The summed E-state index contributed by atoms with van der Waals surface area (Å²) >= 11 is 0. The first-order chi connectivity index (χ1) is 11.2. The minimum absolute atomic E-state index is 0.0377. The maximum Gasteiger partial charge on any atom is 0.240 e. The second-order valence-corrected chi connectivity index (χ2v) is 5.39. The SMILES string of the molecule is CCN(CC(=O)NC(CCO)c1ccccc1)c1ccccc1. The largest absolute Gasteiger partial charge is 0.396 e. The van der Waals surface area contributed by atoms with Gasteiger partial charge in [-0.05, 0) is 31.0 Å². The lowest BCUT2D eigenvalue weighted by molar-refractivity contribution is -0.120. The molecule has 0 aromatic heterocycles. The third-order valence-corrected chi connectivity index (χ3v) is 3.79. The van der Waals surface area contributed by atoms with Gasteiger partial charge in [0.25, 0.3) is 0 Å². The van der Waals surface area contributed by atoms with Crippen molar-refractivity contribution in [1.82, 2.24) is 5.32 Å². The zero-order valence-electron chi connectivity index (χ0n) is 13.5. The van der Waals surface area contributed by atoms with Crippen molar-refractivity contribution in [2.75, 3.05) is 24.6 Å². The monoisotopic (exact) mass is 312 g/mol. The molecule has 1 amide bonds. The number of para-hydroxylation sites is 1. The number of carbonyl (C=O) groups is 1. The Labute approximate surface area is 137 Å². The summed E-state index contributed by atoms with van der Waals surface area (Å²) in [7, 11) is 0. The van der Waals surface area contributed by atoms with E-state index in [2.05, 4.69) is 5.32 Å². The molecule has 0 saturated carbocycles. The highest BCUT2D eigenvalue weighted by atomic mass is 16.3. The molecule has 0 radical (unpaired) electrons. The molecule has 4 nitrogen and oxygen atoms in total. The first-order valence-corrected chi connectivity index (χ1v) is 7.99. The molecule has 2 N–H and O–H groups in total. The summed E-state index contributed by atoms with van der Waals surface area (Å²) in [6, 6.07) is 19.5. The van der Waals surface area contributed by atoms with E-state index in [0.717, 1.165) is 17.8 Å². The van der Waals surface area contributed by atoms with Crippen LogP contribution in [0.4, 0.5) is 5.69 Å². The normalized spacial score (nSPS) is 11.7. The third-order valence-electron chi connectivity index (χ3n) is 3.79. The summed E-state index contributed by atoms with van der Waals surface area (Å²) in [4.78, 5) is 14.4. The van der Waals surface area contributed by atoms with Crippen molar-refractivity contribution in [1.29, 1.82) is 0 Å². The standard InChI is InChI=1S/C19H24N2O2/c1-2-21(17-11-7-4-8-12-17)15-19(23)20-18(13-14-22)16-9-5-3-6-10-16/h3-12,18,22H,2,13-15H2,1H3,(H,20,23). The molecule has 0 aliphatic rings. The van der Waals surface area contributed by atoms with E-state index in [0.29, 0.717) is 13.0 Å². The van der Waals surface area contributed by atoms with E-state index < -0.39 is 0 Å². The van der Waals surface area contributed by atoms with Crippen molar-refractivity contribution in [3.63, 3.8) is 0 Å². The van der Waals surface area contributed by atoms with Gasteiger partial charge < -0.3 is 15.3 Å². The zero-order chi connectivity index (χ0) is 16.5. The Balaban J connectivity index is 2.01. The van der Waals surface area contributed by atoms with Crippen LogP contribution in [0.25, 0.3) is 0 Å². The van der Waals surface area contributed by atoms with Crippen LogP contribution in [-0.2, 0) is 4.79 Å². The lowest BCUT2D eigenvalue weighted by Gasteiger charge is -2.25. The predicted octanol–water partition coefficient (Wildman–Crippen LogP) is 2.75. The average Bonchev–Trinajstić information content (AvgIpc) is 2.61. The summed E-state index contributed by atoms with van der Waals surface area (Å²) < 4.78 is 0. The van der Waals surface area contributed by atoms with E-state index in [-0.39, 0.29) is 18.6 Å². The summed E-state index contributed by atoms with van der Waals surface area (Å²) in [5.41, 5.74) is 2.04. The second kappa shape index (κ2) is 8.96. The molecule has 2 aromatic rings. The Morgan fingerprint density at radius 1 is 1.09 bits per heavy atom. The number of anilines is 1. The Kier molecular flexibility index (Phi) is 6.63. The van der Waals surface area contributed by atoms with Gasteiger partial charge in [-0.1, -0.05) is 48.5 Å². The minimum atomic E-state index is -0.164. The van der Waals surface area contributed by atoms with Crippen LogP contribution in [0.1, 0.15) is 24.9 Å². The highest BCUT2D eigenvalue weighted by Gasteiger charge is 2.16. The molecule has 2 aromatic carbocycles. The summed E-state index contributed by atoms with van der Waals surface area (Å²) in [5, 5.41) is 12.3. The van der Waals surface area contributed by atoms with Crippen LogP contribution >= 0.6 is 0 Å². The van der Waals surface area contributed by atoms with Gasteiger partial charge in [-0.25, -0.2) is 0 Å². The lowest BCUT2D eigenvalue weighted by Crippen LogP contribution is -2.39. The van der Waals surface area contributed by atoms with Crippen LogP contribution < -0.4 is 10.2 Å². The van der Waals surface area contributed by atoms with Crippen LogP contribution in [0.15, 0.2) is 60.7 Å². The Morgan fingerprint density at radius 3 is 2.26 bits per heavy atom. The molecule has 1 unspecified atom stereocenters. The number of rotatable bonds is 8. The van der Waals surface area contributed by atoms with Crippen molar-refractivity contribution < 1.29 is 9.90 Å². The van der Waals surface area contributed by atoms with Crippen molar-refractivity contribution in [3.05, 3.63) is 66.2 Å². The fourth-order valence-corrected chi connectivity index (χ4v) is 2.57. The van der Waals surface area contributed by atoms with E-state index in [1.54, 1.807) is 0 Å². The number of likely N-dealkylation sites (N-methyl/N-ethyl adjacent to an activating group) is 1. The molecule has 0 spiro atoms. The molecule has 0 bridgehead atoms.